The van der Waals surface area contributed by atoms with E-state index in [2.05, 4.69) is 10.5 Å². The molecule has 0 spiro atoms. The topological polar surface area (TPSA) is 285 Å². The fourth-order valence-electron chi connectivity index (χ4n) is 4.00. The van der Waals surface area contributed by atoms with Crippen LogP contribution in [-0.2, 0) is 40.5 Å². The van der Waals surface area contributed by atoms with Crippen molar-refractivity contribution in [2.75, 3.05) is 11.2 Å². The summed E-state index contributed by atoms with van der Waals surface area (Å²) < 4.78 is 134. The highest BCUT2D eigenvalue weighted by atomic mass is 32.2. The highest BCUT2D eigenvalue weighted by molar-refractivity contribution is 7.91. The molecule has 0 unspecified atom stereocenters. The monoisotopic (exact) mass is 633 g/mol. The number of carbonyl (C=O) groups excluding carboxylic acids is 1. The van der Waals surface area contributed by atoms with E-state index in [1.54, 1.807) is 0 Å². The van der Waals surface area contributed by atoms with Crippen molar-refractivity contribution in [3.63, 3.8) is 0 Å². The van der Waals surface area contributed by atoms with Crippen molar-refractivity contribution < 1.29 is 56.7 Å². The Balaban J connectivity index is 1.98. The van der Waals surface area contributed by atoms with Crippen LogP contribution >= 0.6 is 0 Å². The third-order valence-corrected chi connectivity index (χ3v) is 9.23. The minimum absolute atomic E-state index is 0.340. The highest BCUT2D eigenvalue weighted by Gasteiger charge is 2.36. The Morgan fingerprint density at radius 1 is 0.700 bits per heavy atom. The van der Waals surface area contributed by atoms with Crippen LogP contribution in [0.15, 0.2) is 67.2 Å². The summed E-state index contributed by atoms with van der Waals surface area (Å²) >= 11 is 0. The SMILES string of the molecule is Nc1ccc2c(c1S(=O)(=O)O)C=C(S(=O)(=O)O)/C(=N\Nc1ccc3c(S(=O)(=O)O)cccc3c1S(=O)(=O)O)C2=O. The summed E-state index contributed by atoms with van der Waals surface area (Å²) in [5.74, 6) is -1.31. The Morgan fingerprint density at radius 3 is 1.88 bits per heavy atom. The number of nitrogens with one attached hydrogen (secondary N) is 1. The second kappa shape index (κ2) is 9.42. The highest BCUT2D eigenvalue weighted by Crippen LogP contribution is 2.36. The molecule has 1 aliphatic rings. The number of anilines is 2. The van der Waals surface area contributed by atoms with Crippen molar-refractivity contribution in [2.24, 2.45) is 5.10 Å². The summed E-state index contributed by atoms with van der Waals surface area (Å²) in [5.41, 5.74) is 4.19. The van der Waals surface area contributed by atoms with Gasteiger partial charge in [0.05, 0.1) is 11.4 Å². The van der Waals surface area contributed by atoms with E-state index in [0.29, 0.717) is 6.08 Å². The molecule has 0 atom stereocenters. The largest absolute Gasteiger partial charge is 0.398 e. The zero-order valence-corrected chi connectivity index (χ0v) is 22.5. The van der Waals surface area contributed by atoms with Crippen LogP contribution in [0.1, 0.15) is 15.9 Å². The molecule has 0 amide bonds. The second-order valence-corrected chi connectivity index (χ2v) is 13.5. The standard InChI is InChI=1S/C20H15N3O13S4/c21-13-6-4-10-12(19(13)39(31,32)33)8-16(38(28,29)30)17(18(10)24)23-22-14-7-5-9-11(20(14)40(34,35)36)2-1-3-15(9)37(25,26)27/h1-8,22H,21H2,(H,25,26,27)(H,28,29,30)(H,31,32,33)(H,34,35,36)/b23-17+. The molecule has 4 rings (SSSR count). The summed E-state index contributed by atoms with van der Waals surface area (Å²) in [6.45, 7) is 0. The maximum atomic E-state index is 13.2. The van der Waals surface area contributed by atoms with Gasteiger partial charge in [-0.25, -0.2) is 0 Å². The number of hydrogen-bond acceptors (Lipinski definition) is 12. The number of nitrogens with two attached hydrogens (primary N) is 1. The molecule has 0 heterocycles. The maximum Gasteiger partial charge on any atom is 0.297 e. The Bertz CT molecular complexity index is 2150. The Morgan fingerprint density at radius 2 is 1.32 bits per heavy atom. The number of nitrogens with zero attached hydrogens (tertiary/aromatic N) is 1. The quantitative estimate of drug-likeness (QED) is 0.126. The van der Waals surface area contributed by atoms with E-state index in [9.17, 15) is 56.7 Å². The first-order chi connectivity index (χ1) is 18.2. The van der Waals surface area contributed by atoms with Crippen LogP contribution in [0.3, 0.4) is 0 Å². The smallest absolute Gasteiger partial charge is 0.297 e. The second-order valence-electron chi connectivity index (χ2n) is 8.05. The molecule has 20 heteroatoms. The summed E-state index contributed by atoms with van der Waals surface area (Å²) in [7, 11) is -20.5. The first-order valence-electron chi connectivity index (χ1n) is 10.2. The molecule has 0 saturated carbocycles. The third kappa shape index (κ3) is 5.21. The number of hydrogen-bond donors (Lipinski definition) is 6. The molecule has 16 nitrogen and oxygen atoms in total. The summed E-state index contributed by atoms with van der Waals surface area (Å²) in [6.07, 6.45) is 0.495. The molecule has 0 radical (unpaired) electrons. The first kappa shape index (κ1) is 29.2. The van der Waals surface area contributed by atoms with Gasteiger partial charge in [-0.15, -0.1) is 0 Å². The Hall–Kier alpha value is -3.76. The molecule has 3 aromatic carbocycles. The number of fused-ring (bicyclic) bond motifs is 2. The van der Waals surface area contributed by atoms with Crippen molar-refractivity contribution in [1.82, 2.24) is 0 Å². The molecule has 7 N–H and O–H groups in total. The van der Waals surface area contributed by atoms with Gasteiger partial charge in [0.2, 0.25) is 5.78 Å². The lowest BCUT2D eigenvalue weighted by Gasteiger charge is -2.19. The number of carbonyl (C=O) groups is 1. The number of Topliss-reactive ketones (excluding diaryl/α,β-unsaturated/α-hetero) is 1. The predicted octanol–water partition coefficient (Wildman–Crippen LogP) is 1.06. The first-order valence-corrected chi connectivity index (χ1v) is 16.0. The lowest BCUT2D eigenvalue weighted by molar-refractivity contribution is 0.106. The number of rotatable bonds is 6. The van der Waals surface area contributed by atoms with E-state index in [1.165, 1.54) is 0 Å². The third-order valence-electron chi connectivity index (χ3n) is 5.53. The van der Waals surface area contributed by atoms with Crippen molar-refractivity contribution in [3.8, 4) is 0 Å². The van der Waals surface area contributed by atoms with Gasteiger partial charge in [0.25, 0.3) is 40.5 Å². The Kier molecular flexibility index (Phi) is 6.88. The van der Waals surface area contributed by atoms with E-state index < -0.39 is 99.4 Å². The summed E-state index contributed by atoms with van der Waals surface area (Å²) in [6, 6.07) is 6.85. The average Bonchev–Trinajstić information content (AvgIpc) is 2.79. The van der Waals surface area contributed by atoms with Crippen LogP contribution in [0.25, 0.3) is 16.8 Å². The molecule has 1 aliphatic carbocycles. The van der Waals surface area contributed by atoms with Crippen LogP contribution in [-0.4, -0.2) is 63.4 Å². The normalized spacial score (nSPS) is 15.7. The van der Waals surface area contributed by atoms with Crippen LogP contribution in [0.2, 0.25) is 0 Å². The average molecular weight is 634 g/mol. The molecule has 0 fully saturated rings. The molecule has 212 valence electrons. The van der Waals surface area contributed by atoms with Crippen LogP contribution in [0, 0.1) is 0 Å². The van der Waals surface area contributed by atoms with Gasteiger partial charge < -0.3 is 5.73 Å². The Labute approximate surface area is 225 Å². The van der Waals surface area contributed by atoms with Gasteiger partial charge in [-0.3, -0.25) is 28.4 Å². The number of benzene rings is 3. The molecular formula is C20H15N3O13S4. The number of nitrogen functional groups attached to an aromatic ring is 1. The van der Waals surface area contributed by atoms with E-state index in [4.69, 9.17) is 5.73 Å². The molecule has 40 heavy (non-hydrogen) atoms. The summed E-state index contributed by atoms with van der Waals surface area (Å²) in [4.78, 5) is 9.18. The predicted molar refractivity (Wildman–Crippen MR) is 139 cm³/mol. The zero-order chi connectivity index (χ0) is 30.0. The number of hydrazone groups is 1. The van der Waals surface area contributed by atoms with E-state index >= 15 is 0 Å². The lowest BCUT2D eigenvalue weighted by atomic mass is 9.94. The van der Waals surface area contributed by atoms with Gasteiger partial charge in [0, 0.05) is 21.9 Å². The fraction of sp³-hybridized carbons (Fsp3) is 0. The van der Waals surface area contributed by atoms with E-state index in [-0.39, 0.29) is 5.39 Å². The van der Waals surface area contributed by atoms with Gasteiger partial charge in [-0.05, 0) is 30.3 Å². The molecule has 0 bridgehead atoms. The minimum atomic E-state index is -5.34. The van der Waals surface area contributed by atoms with Gasteiger partial charge >= 0.3 is 0 Å². The number of allylic oxidation sites excluding steroid dienone is 1. The van der Waals surface area contributed by atoms with Crippen molar-refractivity contribution in [1.29, 1.82) is 0 Å². The number of ketones is 1. The van der Waals surface area contributed by atoms with Crippen LogP contribution in [0.4, 0.5) is 11.4 Å². The molecule has 0 aliphatic heterocycles. The van der Waals surface area contributed by atoms with E-state index in [0.717, 1.165) is 42.5 Å². The minimum Gasteiger partial charge on any atom is -0.398 e. The zero-order valence-electron chi connectivity index (χ0n) is 19.2. The fourth-order valence-corrected chi connectivity index (χ4v) is 7.01. The van der Waals surface area contributed by atoms with Crippen molar-refractivity contribution in [2.45, 2.75) is 14.7 Å². The molecule has 0 saturated heterocycles. The van der Waals surface area contributed by atoms with Gasteiger partial charge in [-0.1, -0.05) is 18.2 Å². The molecule has 0 aromatic heterocycles. The lowest BCUT2D eigenvalue weighted by Crippen LogP contribution is -2.28. The maximum absolute atomic E-state index is 13.2. The van der Waals surface area contributed by atoms with Crippen LogP contribution < -0.4 is 11.2 Å². The van der Waals surface area contributed by atoms with Gasteiger partial charge in [0.15, 0.2) is 5.71 Å². The van der Waals surface area contributed by atoms with Gasteiger partial charge in [0.1, 0.15) is 19.6 Å². The summed E-state index contributed by atoms with van der Waals surface area (Å²) in [5, 5.41) is 2.80. The van der Waals surface area contributed by atoms with Crippen molar-refractivity contribution in [3.05, 3.63) is 58.5 Å². The van der Waals surface area contributed by atoms with Crippen LogP contribution in [0.5, 0.6) is 0 Å². The van der Waals surface area contributed by atoms with E-state index in [1.807, 2.05) is 0 Å². The molecular weight excluding hydrogens is 618 g/mol. The van der Waals surface area contributed by atoms with Crippen molar-refractivity contribution >= 4 is 80.2 Å². The molecule has 3 aromatic rings. The van der Waals surface area contributed by atoms with Gasteiger partial charge in [-0.2, -0.15) is 38.8 Å².